The molecular weight excluding hydrogens is 174 g/mol. The molecule has 2 unspecified atom stereocenters. The van der Waals surface area contributed by atoms with Crippen molar-refractivity contribution >= 4 is 0 Å². The fourth-order valence-electron chi connectivity index (χ4n) is 2.27. The van der Waals surface area contributed by atoms with Crippen LogP contribution in [0.4, 0.5) is 0 Å². The molecule has 0 fully saturated rings. The van der Waals surface area contributed by atoms with E-state index in [1.807, 2.05) is 6.07 Å². The zero-order valence-corrected chi connectivity index (χ0v) is 8.79. The van der Waals surface area contributed by atoms with Gasteiger partial charge in [0.15, 0.2) is 0 Å². The molecule has 0 saturated carbocycles. The standard InChI is InChI=1S/C12H17NO/c1-8-5-9-7-10(14-2)3-4-11(9)12(13)6-8/h3-4,7-8,12H,5-6,13H2,1-2H3. The predicted molar refractivity (Wildman–Crippen MR) is 57.4 cm³/mol. The molecule has 2 rings (SSSR count). The lowest BCUT2D eigenvalue weighted by Gasteiger charge is -2.27. The minimum absolute atomic E-state index is 0.208. The summed E-state index contributed by atoms with van der Waals surface area (Å²) in [5.74, 6) is 1.62. The molecule has 0 heterocycles. The lowest BCUT2D eigenvalue weighted by atomic mass is 9.82. The van der Waals surface area contributed by atoms with Gasteiger partial charge >= 0.3 is 0 Å². The van der Waals surface area contributed by atoms with Gasteiger partial charge in [0.25, 0.3) is 0 Å². The summed E-state index contributed by atoms with van der Waals surface area (Å²) in [6.45, 7) is 2.25. The van der Waals surface area contributed by atoms with E-state index in [9.17, 15) is 0 Å². The molecular formula is C12H17NO. The topological polar surface area (TPSA) is 35.2 Å². The molecule has 1 aromatic carbocycles. The van der Waals surface area contributed by atoms with Crippen molar-refractivity contribution in [1.29, 1.82) is 0 Å². The molecule has 0 radical (unpaired) electrons. The Kier molecular flexibility index (Phi) is 2.46. The van der Waals surface area contributed by atoms with E-state index in [2.05, 4.69) is 19.1 Å². The molecule has 1 aliphatic carbocycles. The van der Waals surface area contributed by atoms with Crippen LogP contribution in [0.2, 0.25) is 0 Å². The Morgan fingerprint density at radius 2 is 2.21 bits per heavy atom. The van der Waals surface area contributed by atoms with E-state index in [0.717, 1.165) is 18.6 Å². The molecule has 0 bridgehead atoms. The second kappa shape index (κ2) is 3.62. The fraction of sp³-hybridized carbons (Fsp3) is 0.500. The number of ether oxygens (including phenoxy) is 1. The van der Waals surface area contributed by atoms with Crippen LogP contribution in [-0.2, 0) is 6.42 Å². The molecule has 1 aromatic rings. The van der Waals surface area contributed by atoms with Crippen LogP contribution in [0.3, 0.4) is 0 Å². The first-order valence-corrected chi connectivity index (χ1v) is 5.13. The van der Waals surface area contributed by atoms with Gasteiger partial charge in [0, 0.05) is 6.04 Å². The minimum Gasteiger partial charge on any atom is -0.497 e. The van der Waals surface area contributed by atoms with Crippen LogP contribution in [0.25, 0.3) is 0 Å². The first kappa shape index (κ1) is 9.53. The highest BCUT2D eigenvalue weighted by molar-refractivity contribution is 5.39. The molecule has 2 heteroatoms. The summed E-state index contributed by atoms with van der Waals surface area (Å²) in [5.41, 5.74) is 8.74. The fourth-order valence-corrected chi connectivity index (χ4v) is 2.27. The first-order valence-electron chi connectivity index (χ1n) is 5.13. The van der Waals surface area contributed by atoms with Crippen LogP contribution in [0.5, 0.6) is 5.75 Å². The van der Waals surface area contributed by atoms with Gasteiger partial charge in [-0.15, -0.1) is 0 Å². The van der Waals surface area contributed by atoms with Crippen molar-refractivity contribution in [2.45, 2.75) is 25.8 Å². The molecule has 2 atom stereocenters. The van der Waals surface area contributed by atoms with Gasteiger partial charge in [-0.25, -0.2) is 0 Å². The highest BCUT2D eigenvalue weighted by atomic mass is 16.5. The summed E-state index contributed by atoms with van der Waals surface area (Å²) in [4.78, 5) is 0. The Balaban J connectivity index is 2.39. The normalized spacial score (nSPS) is 25.6. The largest absolute Gasteiger partial charge is 0.497 e. The molecule has 0 saturated heterocycles. The highest BCUT2D eigenvalue weighted by Crippen LogP contribution is 2.33. The number of hydrogen-bond donors (Lipinski definition) is 1. The zero-order valence-electron chi connectivity index (χ0n) is 8.79. The van der Waals surface area contributed by atoms with Crippen LogP contribution in [0.1, 0.15) is 30.5 Å². The van der Waals surface area contributed by atoms with E-state index in [-0.39, 0.29) is 6.04 Å². The van der Waals surface area contributed by atoms with E-state index in [1.54, 1.807) is 7.11 Å². The second-order valence-corrected chi connectivity index (χ2v) is 4.22. The molecule has 0 aliphatic heterocycles. The predicted octanol–water partition coefficient (Wildman–Crippen LogP) is 2.28. The Morgan fingerprint density at radius 1 is 1.43 bits per heavy atom. The Labute approximate surface area is 85.1 Å². The summed E-state index contributed by atoms with van der Waals surface area (Å²) >= 11 is 0. The lowest BCUT2D eigenvalue weighted by Crippen LogP contribution is -2.22. The molecule has 2 nitrogen and oxygen atoms in total. The Morgan fingerprint density at radius 3 is 2.93 bits per heavy atom. The van der Waals surface area contributed by atoms with Crippen LogP contribution in [-0.4, -0.2) is 7.11 Å². The van der Waals surface area contributed by atoms with Crippen LogP contribution >= 0.6 is 0 Å². The summed E-state index contributed by atoms with van der Waals surface area (Å²) in [7, 11) is 1.70. The maximum absolute atomic E-state index is 6.09. The van der Waals surface area contributed by atoms with Crippen molar-refractivity contribution in [1.82, 2.24) is 0 Å². The molecule has 0 spiro atoms. The van der Waals surface area contributed by atoms with Crippen LogP contribution < -0.4 is 10.5 Å². The van der Waals surface area contributed by atoms with Gasteiger partial charge in [-0.05, 0) is 42.0 Å². The maximum atomic E-state index is 6.09. The number of rotatable bonds is 1. The lowest BCUT2D eigenvalue weighted by molar-refractivity contribution is 0.407. The summed E-state index contributed by atoms with van der Waals surface area (Å²) in [5, 5.41) is 0. The molecule has 0 amide bonds. The summed E-state index contributed by atoms with van der Waals surface area (Å²) in [6.07, 6.45) is 2.22. The van der Waals surface area contributed by atoms with Gasteiger partial charge in [-0.2, -0.15) is 0 Å². The SMILES string of the molecule is COc1ccc2c(c1)CC(C)CC2N. The number of nitrogens with two attached hydrogens (primary N) is 1. The minimum atomic E-state index is 0.208. The molecule has 14 heavy (non-hydrogen) atoms. The zero-order chi connectivity index (χ0) is 10.1. The van der Waals surface area contributed by atoms with Crippen molar-refractivity contribution in [3.8, 4) is 5.75 Å². The van der Waals surface area contributed by atoms with E-state index >= 15 is 0 Å². The Bertz CT molecular complexity index is 335. The van der Waals surface area contributed by atoms with Crippen molar-refractivity contribution in [3.05, 3.63) is 29.3 Å². The number of fused-ring (bicyclic) bond motifs is 1. The summed E-state index contributed by atoms with van der Waals surface area (Å²) in [6, 6.07) is 6.42. The van der Waals surface area contributed by atoms with Gasteiger partial charge in [0.2, 0.25) is 0 Å². The third kappa shape index (κ3) is 1.62. The monoisotopic (exact) mass is 191 g/mol. The van der Waals surface area contributed by atoms with E-state index < -0.39 is 0 Å². The molecule has 76 valence electrons. The van der Waals surface area contributed by atoms with E-state index in [0.29, 0.717) is 5.92 Å². The quantitative estimate of drug-likeness (QED) is 0.739. The smallest absolute Gasteiger partial charge is 0.119 e. The van der Waals surface area contributed by atoms with Crippen molar-refractivity contribution < 1.29 is 4.74 Å². The average Bonchev–Trinajstić information content (AvgIpc) is 2.16. The van der Waals surface area contributed by atoms with Crippen molar-refractivity contribution in [3.63, 3.8) is 0 Å². The second-order valence-electron chi connectivity index (χ2n) is 4.22. The maximum Gasteiger partial charge on any atom is 0.119 e. The van der Waals surface area contributed by atoms with Crippen molar-refractivity contribution in [2.75, 3.05) is 7.11 Å². The Hall–Kier alpha value is -1.02. The van der Waals surface area contributed by atoms with Crippen LogP contribution in [0.15, 0.2) is 18.2 Å². The van der Waals surface area contributed by atoms with Gasteiger partial charge in [0.05, 0.1) is 7.11 Å². The summed E-state index contributed by atoms with van der Waals surface area (Å²) < 4.78 is 5.21. The van der Waals surface area contributed by atoms with Gasteiger partial charge in [-0.3, -0.25) is 0 Å². The van der Waals surface area contributed by atoms with Gasteiger partial charge < -0.3 is 10.5 Å². The number of hydrogen-bond acceptors (Lipinski definition) is 2. The van der Waals surface area contributed by atoms with E-state index in [4.69, 9.17) is 10.5 Å². The molecule has 2 N–H and O–H groups in total. The average molecular weight is 191 g/mol. The highest BCUT2D eigenvalue weighted by Gasteiger charge is 2.21. The van der Waals surface area contributed by atoms with Crippen molar-refractivity contribution in [2.24, 2.45) is 11.7 Å². The first-order chi connectivity index (χ1) is 6.70. The third-order valence-electron chi connectivity index (χ3n) is 2.97. The third-order valence-corrected chi connectivity index (χ3v) is 2.97. The van der Waals surface area contributed by atoms with E-state index in [1.165, 1.54) is 11.1 Å². The number of methoxy groups -OCH3 is 1. The van der Waals surface area contributed by atoms with Gasteiger partial charge in [0.1, 0.15) is 5.75 Å². The van der Waals surface area contributed by atoms with Crippen LogP contribution in [0, 0.1) is 5.92 Å². The molecule has 0 aromatic heterocycles. The van der Waals surface area contributed by atoms with Gasteiger partial charge in [-0.1, -0.05) is 13.0 Å². The molecule has 1 aliphatic rings. The number of benzene rings is 1.